The van der Waals surface area contributed by atoms with Crippen LogP contribution in [0.3, 0.4) is 0 Å². The van der Waals surface area contributed by atoms with E-state index >= 15 is 0 Å². The zero-order valence-electron chi connectivity index (χ0n) is 16.9. The van der Waals surface area contributed by atoms with Crippen LogP contribution in [0.2, 0.25) is 10.0 Å². The Kier molecular flexibility index (Phi) is 6.53. The lowest BCUT2D eigenvalue weighted by molar-refractivity contribution is -0.384. The van der Waals surface area contributed by atoms with Crippen molar-refractivity contribution in [1.29, 1.82) is 0 Å². The third kappa shape index (κ3) is 4.81. The standard InChI is InChI=1S/C22H19Cl2N5O3/c23-17-9-7-15(13-16(17)22-27-26-20-4-2-1-3-11-28(20)22)25-21(30)10-6-14-5-8-18(24)19(12-14)29(31)32/h5-10,12-13H,1-4,11H2,(H,25,30). The summed E-state index contributed by atoms with van der Waals surface area (Å²) in [6.45, 7) is 0.834. The summed E-state index contributed by atoms with van der Waals surface area (Å²) in [6.07, 6.45) is 6.95. The predicted octanol–water partition coefficient (Wildman–Crippen LogP) is 5.54. The molecule has 0 unspecified atom stereocenters. The summed E-state index contributed by atoms with van der Waals surface area (Å²) >= 11 is 12.2. The van der Waals surface area contributed by atoms with Gasteiger partial charge in [-0.15, -0.1) is 10.2 Å². The Morgan fingerprint density at radius 3 is 2.72 bits per heavy atom. The van der Waals surface area contributed by atoms with Gasteiger partial charge in [0.05, 0.1) is 9.95 Å². The first-order valence-electron chi connectivity index (χ1n) is 10.1. The molecule has 1 aliphatic rings. The van der Waals surface area contributed by atoms with E-state index in [0.717, 1.165) is 38.1 Å². The molecule has 1 aromatic heterocycles. The number of carbonyl (C=O) groups is 1. The van der Waals surface area contributed by atoms with Crippen molar-refractivity contribution < 1.29 is 9.72 Å². The molecule has 0 saturated carbocycles. The lowest BCUT2D eigenvalue weighted by Gasteiger charge is -2.10. The molecular formula is C22H19Cl2N5O3. The first-order valence-corrected chi connectivity index (χ1v) is 10.8. The van der Waals surface area contributed by atoms with Gasteiger partial charge in [-0.05, 0) is 48.7 Å². The molecular weight excluding hydrogens is 453 g/mol. The summed E-state index contributed by atoms with van der Waals surface area (Å²) in [6, 6.07) is 9.50. The number of benzene rings is 2. The van der Waals surface area contributed by atoms with E-state index in [1.807, 2.05) is 0 Å². The average Bonchev–Trinajstić information content (AvgIpc) is 3.01. The quantitative estimate of drug-likeness (QED) is 0.299. The fourth-order valence-corrected chi connectivity index (χ4v) is 3.98. The third-order valence-corrected chi connectivity index (χ3v) is 5.83. The van der Waals surface area contributed by atoms with Crippen LogP contribution in [0.15, 0.2) is 42.5 Å². The van der Waals surface area contributed by atoms with E-state index in [0.29, 0.717) is 27.7 Å². The van der Waals surface area contributed by atoms with E-state index in [1.54, 1.807) is 24.3 Å². The minimum atomic E-state index is -0.569. The molecule has 0 spiro atoms. The number of fused-ring (bicyclic) bond motifs is 1. The number of nitro groups is 1. The lowest BCUT2D eigenvalue weighted by atomic mass is 10.1. The van der Waals surface area contributed by atoms with Gasteiger partial charge in [0.2, 0.25) is 5.91 Å². The molecule has 8 nitrogen and oxygen atoms in total. The van der Waals surface area contributed by atoms with Crippen LogP contribution in [0.5, 0.6) is 0 Å². The van der Waals surface area contributed by atoms with Gasteiger partial charge in [0, 0.05) is 36.4 Å². The largest absolute Gasteiger partial charge is 0.322 e. The number of nitrogens with zero attached hydrogens (tertiary/aromatic N) is 4. The van der Waals surface area contributed by atoms with Crippen molar-refractivity contribution in [2.24, 2.45) is 0 Å². The highest BCUT2D eigenvalue weighted by Crippen LogP contribution is 2.31. The summed E-state index contributed by atoms with van der Waals surface area (Å²) in [5.41, 5.74) is 1.51. The fourth-order valence-electron chi connectivity index (χ4n) is 3.59. The SMILES string of the molecule is O=C(C=Cc1ccc(Cl)c([N+](=O)[O-])c1)Nc1ccc(Cl)c(-c2nnc3n2CCCCC3)c1. The summed E-state index contributed by atoms with van der Waals surface area (Å²) in [4.78, 5) is 22.9. The van der Waals surface area contributed by atoms with E-state index in [9.17, 15) is 14.9 Å². The van der Waals surface area contributed by atoms with Gasteiger partial charge in [0.25, 0.3) is 5.69 Å². The van der Waals surface area contributed by atoms with Gasteiger partial charge in [-0.2, -0.15) is 0 Å². The second-order valence-electron chi connectivity index (χ2n) is 7.39. The van der Waals surface area contributed by atoms with Crippen LogP contribution in [-0.4, -0.2) is 25.6 Å². The van der Waals surface area contributed by atoms with E-state index in [2.05, 4.69) is 20.1 Å². The number of nitrogens with one attached hydrogen (secondary N) is 1. The topological polar surface area (TPSA) is 103 Å². The van der Waals surface area contributed by atoms with E-state index in [-0.39, 0.29) is 10.7 Å². The molecule has 0 saturated heterocycles. The molecule has 164 valence electrons. The number of anilines is 1. The summed E-state index contributed by atoms with van der Waals surface area (Å²) in [7, 11) is 0. The number of hydrogen-bond acceptors (Lipinski definition) is 5. The molecule has 3 aromatic rings. The van der Waals surface area contributed by atoms with Gasteiger partial charge in [0.1, 0.15) is 10.8 Å². The van der Waals surface area contributed by atoms with Gasteiger partial charge in [0.15, 0.2) is 5.82 Å². The molecule has 2 heterocycles. The smallest absolute Gasteiger partial charge is 0.288 e. The molecule has 1 amide bonds. The van der Waals surface area contributed by atoms with Gasteiger partial charge in [-0.1, -0.05) is 35.7 Å². The maximum atomic E-state index is 12.4. The number of hydrogen-bond donors (Lipinski definition) is 1. The molecule has 10 heteroatoms. The fraction of sp³-hybridized carbons (Fsp3) is 0.227. The number of aromatic nitrogens is 3. The maximum absolute atomic E-state index is 12.4. The lowest BCUT2D eigenvalue weighted by Crippen LogP contribution is -2.08. The van der Waals surface area contributed by atoms with Gasteiger partial charge < -0.3 is 9.88 Å². The second-order valence-corrected chi connectivity index (χ2v) is 8.20. The number of aryl methyl sites for hydroxylation is 1. The highest BCUT2D eigenvalue weighted by Gasteiger charge is 2.18. The molecule has 0 atom stereocenters. The van der Waals surface area contributed by atoms with Crippen molar-refractivity contribution in [2.75, 3.05) is 5.32 Å². The molecule has 0 aliphatic carbocycles. The van der Waals surface area contributed by atoms with Crippen LogP contribution in [0, 0.1) is 10.1 Å². The van der Waals surface area contributed by atoms with Crippen LogP contribution in [-0.2, 0) is 17.8 Å². The normalized spacial score (nSPS) is 13.6. The zero-order valence-corrected chi connectivity index (χ0v) is 18.4. The Balaban J connectivity index is 1.53. The van der Waals surface area contributed by atoms with Crippen LogP contribution in [0.25, 0.3) is 17.5 Å². The zero-order chi connectivity index (χ0) is 22.7. The maximum Gasteiger partial charge on any atom is 0.288 e. The van der Waals surface area contributed by atoms with Gasteiger partial charge >= 0.3 is 0 Å². The molecule has 0 radical (unpaired) electrons. The number of amides is 1. The van der Waals surface area contributed by atoms with Crippen molar-refractivity contribution in [2.45, 2.75) is 32.2 Å². The van der Waals surface area contributed by atoms with Crippen LogP contribution < -0.4 is 5.32 Å². The number of halogens is 2. The van der Waals surface area contributed by atoms with Gasteiger partial charge in [-0.3, -0.25) is 14.9 Å². The predicted molar refractivity (Wildman–Crippen MR) is 124 cm³/mol. The Morgan fingerprint density at radius 2 is 1.91 bits per heavy atom. The average molecular weight is 472 g/mol. The molecule has 2 aromatic carbocycles. The minimum Gasteiger partial charge on any atom is -0.322 e. The Labute approximate surface area is 194 Å². The first-order chi connectivity index (χ1) is 15.4. The number of rotatable bonds is 5. The second kappa shape index (κ2) is 9.50. The summed E-state index contributed by atoms with van der Waals surface area (Å²) < 4.78 is 2.09. The summed E-state index contributed by atoms with van der Waals surface area (Å²) in [5.74, 6) is 1.24. The van der Waals surface area contributed by atoms with E-state index in [4.69, 9.17) is 23.2 Å². The van der Waals surface area contributed by atoms with Crippen LogP contribution in [0.1, 0.15) is 30.7 Å². The molecule has 1 aliphatic heterocycles. The minimum absolute atomic E-state index is 0.0386. The Bertz CT molecular complexity index is 1220. The molecule has 4 rings (SSSR count). The monoisotopic (exact) mass is 471 g/mol. The van der Waals surface area contributed by atoms with Crippen molar-refractivity contribution in [3.63, 3.8) is 0 Å². The van der Waals surface area contributed by atoms with Crippen molar-refractivity contribution in [3.05, 3.63) is 74.0 Å². The van der Waals surface area contributed by atoms with Crippen LogP contribution in [0.4, 0.5) is 11.4 Å². The highest BCUT2D eigenvalue weighted by molar-refractivity contribution is 6.33. The van der Waals surface area contributed by atoms with Gasteiger partial charge in [-0.25, -0.2) is 0 Å². The summed E-state index contributed by atoms with van der Waals surface area (Å²) in [5, 5.41) is 23.0. The molecule has 32 heavy (non-hydrogen) atoms. The number of nitro benzene ring substituents is 1. The first kappa shape index (κ1) is 22.0. The van der Waals surface area contributed by atoms with Crippen molar-refractivity contribution in [1.82, 2.24) is 14.8 Å². The van der Waals surface area contributed by atoms with Crippen LogP contribution >= 0.6 is 23.2 Å². The highest BCUT2D eigenvalue weighted by atomic mass is 35.5. The molecule has 1 N–H and O–H groups in total. The Hall–Kier alpha value is -3.23. The third-order valence-electron chi connectivity index (χ3n) is 5.18. The molecule has 0 bridgehead atoms. The number of carbonyl (C=O) groups excluding carboxylic acids is 1. The van der Waals surface area contributed by atoms with E-state index < -0.39 is 10.8 Å². The molecule has 0 fully saturated rings. The van der Waals surface area contributed by atoms with Crippen molar-refractivity contribution in [3.8, 4) is 11.4 Å². The van der Waals surface area contributed by atoms with E-state index in [1.165, 1.54) is 24.3 Å². The van der Waals surface area contributed by atoms with Crippen molar-refractivity contribution >= 4 is 46.6 Å². The Morgan fingerprint density at radius 1 is 1.09 bits per heavy atom.